The zero-order valence-electron chi connectivity index (χ0n) is 12.7. The lowest BCUT2D eigenvalue weighted by atomic mass is 10.1. The number of carbonyl (C=O) groups excluding carboxylic acids is 1. The van der Waals surface area contributed by atoms with Crippen molar-refractivity contribution in [1.82, 2.24) is 10.2 Å². The number of esters is 1. The number of likely N-dealkylation sites (N-methyl/N-ethyl adjacent to an activating group) is 1. The van der Waals surface area contributed by atoms with Crippen molar-refractivity contribution in [2.75, 3.05) is 33.3 Å². The molecule has 1 aromatic rings. The van der Waals surface area contributed by atoms with Gasteiger partial charge in [0.05, 0.1) is 17.2 Å². The molecule has 6 heteroatoms. The van der Waals surface area contributed by atoms with Crippen molar-refractivity contribution in [1.29, 1.82) is 0 Å². The van der Waals surface area contributed by atoms with Crippen LogP contribution in [0.1, 0.15) is 25.5 Å². The van der Waals surface area contributed by atoms with Crippen LogP contribution in [0.4, 0.5) is 0 Å². The van der Waals surface area contributed by atoms with Gasteiger partial charge >= 0.3 is 5.97 Å². The smallest absolute Gasteiger partial charge is 0.327 e. The predicted octanol–water partition coefficient (Wildman–Crippen LogP) is 3.14. The second kappa shape index (κ2) is 9.26. The molecule has 1 atom stereocenters. The molecule has 21 heavy (non-hydrogen) atoms. The molecule has 0 aliphatic rings. The second-order valence-corrected chi connectivity index (χ2v) is 5.37. The maximum Gasteiger partial charge on any atom is 0.327 e. The molecule has 0 radical (unpaired) electrons. The van der Waals surface area contributed by atoms with Crippen LogP contribution in [0.5, 0.6) is 0 Å². The van der Waals surface area contributed by atoms with Crippen molar-refractivity contribution in [3.8, 4) is 0 Å². The molecule has 0 saturated carbocycles. The van der Waals surface area contributed by atoms with Crippen molar-refractivity contribution < 1.29 is 9.53 Å². The molecule has 0 amide bonds. The molecule has 0 aromatic heterocycles. The average Bonchev–Trinajstić information content (AvgIpc) is 2.50. The molecule has 0 bridgehead atoms. The van der Waals surface area contributed by atoms with Crippen LogP contribution in [0.25, 0.3) is 0 Å². The quantitative estimate of drug-likeness (QED) is 0.742. The SMILES string of the molecule is CCN(CC)CCNC(C(=O)OC)c1cccc(Cl)c1Cl. The zero-order chi connectivity index (χ0) is 15.8. The third-order valence-corrected chi connectivity index (χ3v) is 4.23. The molecule has 1 N–H and O–H groups in total. The second-order valence-electron chi connectivity index (χ2n) is 4.58. The van der Waals surface area contributed by atoms with E-state index in [0.29, 0.717) is 22.2 Å². The predicted molar refractivity (Wildman–Crippen MR) is 87.0 cm³/mol. The first-order chi connectivity index (χ1) is 10.0. The highest BCUT2D eigenvalue weighted by atomic mass is 35.5. The maximum absolute atomic E-state index is 12.0. The number of hydrogen-bond donors (Lipinski definition) is 1. The van der Waals surface area contributed by atoms with Gasteiger partial charge in [0.1, 0.15) is 6.04 Å². The molecule has 0 aliphatic carbocycles. The fourth-order valence-electron chi connectivity index (χ4n) is 2.09. The standard InChI is InChI=1S/C15H22Cl2N2O2/c1-4-19(5-2)10-9-18-14(15(20)21-3)11-7-6-8-12(16)13(11)17/h6-8,14,18H,4-5,9-10H2,1-3H3. The van der Waals surface area contributed by atoms with Gasteiger partial charge in [-0.05, 0) is 19.2 Å². The van der Waals surface area contributed by atoms with Crippen molar-refractivity contribution in [2.24, 2.45) is 0 Å². The molecule has 0 saturated heterocycles. The molecule has 0 heterocycles. The first-order valence-corrected chi connectivity index (χ1v) is 7.78. The molecule has 0 fully saturated rings. The lowest BCUT2D eigenvalue weighted by Gasteiger charge is -2.22. The molecule has 1 rings (SSSR count). The summed E-state index contributed by atoms with van der Waals surface area (Å²) >= 11 is 12.2. The summed E-state index contributed by atoms with van der Waals surface area (Å²) in [6.45, 7) is 7.66. The van der Waals surface area contributed by atoms with Gasteiger partial charge in [-0.1, -0.05) is 49.2 Å². The van der Waals surface area contributed by atoms with Crippen LogP contribution in [0, 0.1) is 0 Å². The minimum absolute atomic E-state index is 0.376. The lowest BCUT2D eigenvalue weighted by molar-refractivity contribution is -0.143. The number of carbonyl (C=O) groups is 1. The van der Waals surface area contributed by atoms with Crippen molar-refractivity contribution in [2.45, 2.75) is 19.9 Å². The number of ether oxygens (including phenoxy) is 1. The number of nitrogens with zero attached hydrogens (tertiary/aromatic N) is 1. The van der Waals surface area contributed by atoms with Crippen LogP contribution in [0.3, 0.4) is 0 Å². The summed E-state index contributed by atoms with van der Waals surface area (Å²) < 4.78 is 4.86. The number of nitrogens with one attached hydrogen (secondary N) is 1. The zero-order valence-corrected chi connectivity index (χ0v) is 14.2. The van der Waals surface area contributed by atoms with Gasteiger partial charge in [0, 0.05) is 18.7 Å². The minimum atomic E-state index is -0.614. The Bertz CT molecular complexity index is 465. The molecule has 1 unspecified atom stereocenters. The highest BCUT2D eigenvalue weighted by molar-refractivity contribution is 6.42. The van der Waals surface area contributed by atoms with Gasteiger partial charge in [-0.2, -0.15) is 0 Å². The highest BCUT2D eigenvalue weighted by Gasteiger charge is 2.24. The van der Waals surface area contributed by atoms with E-state index in [0.717, 1.165) is 19.6 Å². The Labute approximate surface area is 136 Å². The van der Waals surface area contributed by atoms with E-state index in [1.165, 1.54) is 7.11 Å². The highest BCUT2D eigenvalue weighted by Crippen LogP contribution is 2.30. The van der Waals surface area contributed by atoms with Crippen LogP contribution in [0.2, 0.25) is 10.0 Å². The van der Waals surface area contributed by atoms with Crippen molar-refractivity contribution >= 4 is 29.2 Å². The molecule has 1 aromatic carbocycles. The fourth-order valence-corrected chi connectivity index (χ4v) is 2.51. The normalized spacial score (nSPS) is 12.5. The van der Waals surface area contributed by atoms with Gasteiger partial charge in [0.25, 0.3) is 0 Å². The van der Waals surface area contributed by atoms with Crippen LogP contribution >= 0.6 is 23.2 Å². The monoisotopic (exact) mass is 332 g/mol. The molecular formula is C15H22Cl2N2O2. The number of methoxy groups -OCH3 is 1. The summed E-state index contributed by atoms with van der Waals surface area (Å²) in [5.74, 6) is -0.376. The van der Waals surface area contributed by atoms with Gasteiger partial charge in [-0.3, -0.25) is 5.32 Å². The largest absolute Gasteiger partial charge is 0.468 e. The Morgan fingerprint density at radius 3 is 2.57 bits per heavy atom. The van der Waals surface area contributed by atoms with Crippen molar-refractivity contribution in [3.63, 3.8) is 0 Å². The van der Waals surface area contributed by atoms with E-state index in [1.807, 2.05) is 0 Å². The summed E-state index contributed by atoms with van der Waals surface area (Å²) in [6, 6.07) is 4.63. The van der Waals surface area contributed by atoms with Crippen LogP contribution in [-0.2, 0) is 9.53 Å². The van der Waals surface area contributed by atoms with E-state index in [9.17, 15) is 4.79 Å². The van der Waals surface area contributed by atoms with Crippen LogP contribution in [-0.4, -0.2) is 44.2 Å². The summed E-state index contributed by atoms with van der Waals surface area (Å²) in [6.07, 6.45) is 0. The average molecular weight is 333 g/mol. The lowest BCUT2D eigenvalue weighted by Crippen LogP contribution is -2.37. The molecule has 0 spiro atoms. The molecule has 0 aliphatic heterocycles. The number of rotatable bonds is 8. The van der Waals surface area contributed by atoms with Gasteiger partial charge in [-0.25, -0.2) is 4.79 Å². The Morgan fingerprint density at radius 1 is 1.33 bits per heavy atom. The van der Waals surface area contributed by atoms with Crippen molar-refractivity contribution in [3.05, 3.63) is 33.8 Å². The first kappa shape index (κ1) is 18.2. The Morgan fingerprint density at radius 2 is 2.00 bits per heavy atom. The van der Waals surface area contributed by atoms with E-state index >= 15 is 0 Å². The Hall–Kier alpha value is -0.810. The number of benzene rings is 1. The van der Waals surface area contributed by atoms with Crippen LogP contribution < -0.4 is 5.32 Å². The fraction of sp³-hybridized carbons (Fsp3) is 0.533. The van der Waals surface area contributed by atoms with E-state index in [-0.39, 0.29) is 5.97 Å². The number of hydrogen-bond acceptors (Lipinski definition) is 4. The summed E-state index contributed by atoms with van der Waals surface area (Å²) in [7, 11) is 1.36. The van der Waals surface area contributed by atoms with Gasteiger partial charge < -0.3 is 9.64 Å². The van der Waals surface area contributed by atoms with E-state index < -0.39 is 6.04 Å². The maximum atomic E-state index is 12.0. The topological polar surface area (TPSA) is 41.6 Å². The third kappa shape index (κ3) is 5.15. The van der Waals surface area contributed by atoms with Gasteiger partial charge in [0.2, 0.25) is 0 Å². The Kier molecular flexibility index (Phi) is 8.04. The van der Waals surface area contributed by atoms with Gasteiger partial charge in [-0.15, -0.1) is 0 Å². The van der Waals surface area contributed by atoms with E-state index in [4.69, 9.17) is 27.9 Å². The van der Waals surface area contributed by atoms with Crippen LogP contribution in [0.15, 0.2) is 18.2 Å². The van der Waals surface area contributed by atoms with E-state index in [2.05, 4.69) is 24.1 Å². The number of halogens is 2. The van der Waals surface area contributed by atoms with Gasteiger partial charge in [0.15, 0.2) is 0 Å². The molecule has 4 nitrogen and oxygen atoms in total. The Balaban J connectivity index is 2.82. The summed E-state index contributed by atoms with van der Waals surface area (Å²) in [4.78, 5) is 14.3. The summed E-state index contributed by atoms with van der Waals surface area (Å²) in [5, 5.41) is 4.00. The third-order valence-electron chi connectivity index (χ3n) is 3.40. The minimum Gasteiger partial charge on any atom is -0.468 e. The summed E-state index contributed by atoms with van der Waals surface area (Å²) in [5.41, 5.74) is 0.635. The van der Waals surface area contributed by atoms with E-state index in [1.54, 1.807) is 18.2 Å². The first-order valence-electron chi connectivity index (χ1n) is 7.02. The molecule has 118 valence electrons. The molecular weight excluding hydrogens is 311 g/mol.